The number of carbonyl (C=O) groups is 1. The van der Waals surface area contributed by atoms with Gasteiger partial charge in [0.15, 0.2) is 0 Å². The van der Waals surface area contributed by atoms with Gasteiger partial charge in [-0.1, -0.05) is 19.1 Å². The summed E-state index contributed by atoms with van der Waals surface area (Å²) in [4.78, 5) is 10.8. The van der Waals surface area contributed by atoms with Crippen LogP contribution < -0.4 is 5.73 Å². The quantitative estimate of drug-likeness (QED) is 0.451. The molecule has 1 saturated heterocycles. The average Bonchev–Trinajstić information content (AvgIpc) is 2.61. The zero-order chi connectivity index (χ0) is 8.65. The third-order valence-electron chi connectivity index (χ3n) is 2.45. The van der Waals surface area contributed by atoms with Gasteiger partial charge in [-0.15, -0.1) is 0 Å². The van der Waals surface area contributed by atoms with Gasteiger partial charge in [0, 0.05) is 5.67 Å². The van der Waals surface area contributed by atoms with E-state index in [9.17, 15) is 4.79 Å². The first-order valence-electron chi connectivity index (χ1n) is 3.73. The van der Waals surface area contributed by atoms with Crippen molar-refractivity contribution in [1.82, 2.24) is 0 Å². The average molecular weight is 171 g/mol. The molecule has 1 fully saturated rings. The Bertz CT molecular complexity index is 216. The summed E-state index contributed by atoms with van der Waals surface area (Å²) >= 11 is 0. The van der Waals surface area contributed by atoms with Crippen LogP contribution >= 0.6 is 0 Å². The Morgan fingerprint density at radius 2 is 2.36 bits per heavy atom. The highest BCUT2D eigenvalue weighted by molar-refractivity contribution is 6.65. The smallest absolute Gasteiger partial charge is 0.311 e. The van der Waals surface area contributed by atoms with Gasteiger partial charge in [0.25, 0.3) is 0 Å². The number of aliphatic carboxylic acids is 1. The molecule has 1 heterocycles. The SMILES string of the molecule is C=C(CC)[C@@]1(C(=O)O)[SiH2]C1N. The van der Waals surface area contributed by atoms with Crippen LogP contribution in [0.4, 0.5) is 0 Å². The third kappa shape index (κ3) is 1.02. The molecular weight excluding hydrogens is 158 g/mol. The van der Waals surface area contributed by atoms with E-state index < -0.39 is 20.5 Å². The van der Waals surface area contributed by atoms with Crippen molar-refractivity contribution >= 4 is 15.5 Å². The van der Waals surface area contributed by atoms with E-state index in [1.807, 2.05) is 6.92 Å². The van der Waals surface area contributed by atoms with Crippen molar-refractivity contribution in [3.8, 4) is 0 Å². The lowest BCUT2D eigenvalue weighted by Gasteiger charge is -2.12. The second-order valence-corrected chi connectivity index (χ2v) is 5.45. The van der Waals surface area contributed by atoms with Crippen molar-refractivity contribution in [3.63, 3.8) is 0 Å². The number of hydrogen-bond acceptors (Lipinski definition) is 2. The van der Waals surface area contributed by atoms with E-state index in [1.165, 1.54) is 0 Å². The molecule has 1 rings (SSSR count). The molecule has 0 saturated carbocycles. The lowest BCUT2D eigenvalue weighted by Crippen LogP contribution is -2.19. The second-order valence-electron chi connectivity index (χ2n) is 3.04. The number of carboxylic acids is 1. The maximum atomic E-state index is 10.8. The third-order valence-corrected chi connectivity index (χ3v) is 4.95. The monoisotopic (exact) mass is 171 g/mol. The highest BCUT2D eigenvalue weighted by Crippen LogP contribution is 2.51. The van der Waals surface area contributed by atoms with Crippen LogP contribution in [-0.2, 0) is 4.79 Å². The molecule has 0 radical (unpaired) electrons. The fourth-order valence-electron chi connectivity index (χ4n) is 1.41. The summed E-state index contributed by atoms with van der Waals surface area (Å²) in [7, 11) is -0.629. The second kappa shape index (κ2) is 2.46. The van der Waals surface area contributed by atoms with Gasteiger partial charge < -0.3 is 10.8 Å². The Balaban J connectivity index is 2.80. The molecule has 0 aromatic carbocycles. The summed E-state index contributed by atoms with van der Waals surface area (Å²) in [6.45, 7) is 5.68. The first-order valence-corrected chi connectivity index (χ1v) is 5.25. The molecular formula is C7H13NO2Si. The van der Waals surface area contributed by atoms with Gasteiger partial charge in [-0.3, -0.25) is 4.79 Å². The van der Waals surface area contributed by atoms with Crippen LogP contribution in [0.5, 0.6) is 0 Å². The van der Waals surface area contributed by atoms with Crippen molar-refractivity contribution in [2.24, 2.45) is 5.73 Å². The molecule has 1 aliphatic heterocycles. The van der Waals surface area contributed by atoms with Gasteiger partial charge >= 0.3 is 5.97 Å². The standard InChI is InChI=1S/C7H13NO2Si/c1-3-4(2)7(6(9)10)5(8)11-7/h5H,2-3,8,11H2,1H3,(H,9,10)/t5?,7-/m1/s1. The van der Waals surface area contributed by atoms with Crippen LogP contribution in [0.2, 0.25) is 5.04 Å². The lowest BCUT2D eigenvalue weighted by atomic mass is 9.99. The van der Waals surface area contributed by atoms with Crippen LogP contribution in [-0.4, -0.2) is 26.3 Å². The molecule has 0 aromatic rings. The number of carboxylic acid groups (broad SMARTS) is 1. The normalized spacial score (nSPS) is 37.1. The van der Waals surface area contributed by atoms with Crippen LogP contribution in [0.25, 0.3) is 0 Å². The van der Waals surface area contributed by atoms with E-state index in [2.05, 4.69) is 6.58 Å². The van der Waals surface area contributed by atoms with Crippen LogP contribution in [0, 0.1) is 0 Å². The molecule has 3 nitrogen and oxygen atoms in total. The van der Waals surface area contributed by atoms with Gasteiger partial charge in [-0.25, -0.2) is 0 Å². The Labute approximate surface area is 68.1 Å². The van der Waals surface area contributed by atoms with E-state index in [-0.39, 0.29) is 5.67 Å². The molecule has 62 valence electrons. The highest BCUT2D eigenvalue weighted by atomic mass is 28.2. The number of rotatable bonds is 3. The van der Waals surface area contributed by atoms with Crippen molar-refractivity contribution in [1.29, 1.82) is 0 Å². The van der Waals surface area contributed by atoms with Crippen molar-refractivity contribution in [3.05, 3.63) is 12.2 Å². The van der Waals surface area contributed by atoms with Crippen molar-refractivity contribution in [2.45, 2.75) is 24.0 Å². The minimum atomic E-state index is -0.761. The molecule has 2 atom stereocenters. The van der Waals surface area contributed by atoms with E-state index in [4.69, 9.17) is 10.8 Å². The first-order chi connectivity index (χ1) is 5.05. The molecule has 0 aromatic heterocycles. The Hall–Kier alpha value is -0.613. The Kier molecular flexibility index (Phi) is 1.90. The zero-order valence-electron chi connectivity index (χ0n) is 6.63. The minimum Gasteiger partial charge on any atom is -0.481 e. The summed E-state index contributed by atoms with van der Waals surface area (Å²) < 4.78 is 0. The highest BCUT2D eigenvalue weighted by Gasteiger charge is 2.60. The summed E-state index contributed by atoms with van der Waals surface area (Å²) in [6.07, 6.45) is 0.729. The predicted molar refractivity (Wildman–Crippen MR) is 46.3 cm³/mol. The van der Waals surface area contributed by atoms with E-state index in [0.29, 0.717) is 0 Å². The zero-order valence-corrected chi connectivity index (χ0v) is 8.05. The fourth-order valence-corrected chi connectivity index (χ4v) is 3.16. The Morgan fingerprint density at radius 3 is 2.45 bits per heavy atom. The van der Waals surface area contributed by atoms with E-state index in [1.54, 1.807) is 0 Å². The predicted octanol–water partition coefficient (Wildman–Crippen LogP) is -0.337. The van der Waals surface area contributed by atoms with Crippen LogP contribution in [0.3, 0.4) is 0 Å². The van der Waals surface area contributed by atoms with Crippen LogP contribution in [0.15, 0.2) is 12.2 Å². The molecule has 3 N–H and O–H groups in total. The molecule has 11 heavy (non-hydrogen) atoms. The van der Waals surface area contributed by atoms with E-state index in [0.717, 1.165) is 12.0 Å². The summed E-state index contributed by atoms with van der Waals surface area (Å²) in [5.74, 6) is -0.761. The number of nitrogens with two attached hydrogens (primary N) is 1. The fraction of sp³-hybridized carbons (Fsp3) is 0.571. The van der Waals surface area contributed by atoms with Crippen molar-refractivity contribution < 1.29 is 9.90 Å². The first kappa shape index (κ1) is 8.48. The molecule has 1 unspecified atom stereocenters. The van der Waals surface area contributed by atoms with Crippen molar-refractivity contribution in [2.75, 3.05) is 0 Å². The maximum Gasteiger partial charge on any atom is 0.311 e. The molecule has 0 bridgehead atoms. The Morgan fingerprint density at radius 1 is 1.91 bits per heavy atom. The molecule has 0 aliphatic carbocycles. The summed E-state index contributed by atoms with van der Waals surface area (Å²) in [6, 6.07) is 0. The van der Waals surface area contributed by atoms with Gasteiger partial charge in [0.05, 0.1) is 14.6 Å². The number of hydrogen-bond donors (Lipinski definition) is 2. The van der Waals surface area contributed by atoms with E-state index >= 15 is 0 Å². The lowest BCUT2D eigenvalue weighted by molar-refractivity contribution is -0.138. The molecule has 4 heteroatoms. The molecule has 0 amide bonds. The largest absolute Gasteiger partial charge is 0.481 e. The summed E-state index contributed by atoms with van der Waals surface area (Å²) in [5, 5.41) is 8.23. The molecule has 1 aliphatic rings. The molecule has 0 spiro atoms. The topological polar surface area (TPSA) is 63.3 Å². The van der Waals surface area contributed by atoms with Crippen LogP contribution in [0.1, 0.15) is 13.3 Å². The minimum absolute atomic E-state index is 0.0764. The van der Waals surface area contributed by atoms with Gasteiger partial charge in [0.1, 0.15) is 0 Å². The summed E-state index contributed by atoms with van der Waals surface area (Å²) in [5.41, 5.74) is 6.33. The van der Waals surface area contributed by atoms with Gasteiger partial charge in [-0.2, -0.15) is 0 Å². The van der Waals surface area contributed by atoms with Gasteiger partial charge in [0.2, 0.25) is 0 Å². The maximum absolute atomic E-state index is 10.8. The van der Waals surface area contributed by atoms with Gasteiger partial charge in [-0.05, 0) is 6.42 Å².